The highest BCUT2D eigenvalue weighted by atomic mass is 19.1. The summed E-state index contributed by atoms with van der Waals surface area (Å²) in [5.41, 5.74) is 7.45. The number of amides is 1. The molecule has 1 aliphatic rings. The van der Waals surface area contributed by atoms with Crippen LogP contribution in [0.4, 0.5) is 14.5 Å². The molecular weight excluding hydrogens is 310 g/mol. The third kappa shape index (κ3) is 3.46. The minimum atomic E-state index is -0.409. The molecule has 0 spiro atoms. The third-order valence-electron chi connectivity index (χ3n) is 4.69. The maximum Gasteiger partial charge on any atom is 0.227 e. The number of halogens is 2. The van der Waals surface area contributed by atoms with E-state index in [-0.39, 0.29) is 23.6 Å². The minimum Gasteiger partial charge on any atom is -0.330 e. The normalized spacial score (nSPS) is 20.1. The van der Waals surface area contributed by atoms with Crippen molar-refractivity contribution in [2.24, 2.45) is 17.6 Å². The van der Waals surface area contributed by atoms with Crippen molar-refractivity contribution in [2.75, 3.05) is 11.9 Å². The van der Waals surface area contributed by atoms with Gasteiger partial charge in [-0.05, 0) is 61.2 Å². The molecule has 24 heavy (non-hydrogen) atoms. The van der Waals surface area contributed by atoms with Gasteiger partial charge in [-0.25, -0.2) is 8.78 Å². The van der Waals surface area contributed by atoms with Crippen molar-refractivity contribution in [3.8, 4) is 11.1 Å². The van der Waals surface area contributed by atoms with Gasteiger partial charge in [-0.3, -0.25) is 4.79 Å². The molecule has 1 aliphatic carbocycles. The van der Waals surface area contributed by atoms with Gasteiger partial charge >= 0.3 is 0 Å². The fourth-order valence-electron chi connectivity index (χ4n) is 3.38. The van der Waals surface area contributed by atoms with E-state index >= 15 is 0 Å². The van der Waals surface area contributed by atoms with Gasteiger partial charge in [0.25, 0.3) is 0 Å². The molecule has 1 saturated carbocycles. The van der Waals surface area contributed by atoms with Gasteiger partial charge in [0.15, 0.2) is 0 Å². The average molecular weight is 330 g/mol. The van der Waals surface area contributed by atoms with E-state index in [1.807, 2.05) is 0 Å². The summed E-state index contributed by atoms with van der Waals surface area (Å²) in [5.74, 6) is -0.774. The molecule has 126 valence electrons. The predicted octanol–water partition coefficient (Wildman–Crippen LogP) is 3.95. The van der Waals surface area contributed by atoms with Crippen molar-refractivity contribution >= 4 is 11.6 Å². The van der Waals surface area contributed by atoms with Crippen LogP contribution in [0.2, 0.25) is 0 Å². The SMILES string of the molecule is NC[C@H]1CCC[C@H]1C(=O)Nc1ccc(F)cc1-c1ccc(F)cc1. The lowest BCUT2D eigenvalue weighted by molar-refractivity contribution is -0.120. The molecule has 1 fully saturated rings. The number of carbonyl (C=O) groups is 1. The largest absolute Gasteiger partial charge is 0.330 e. The first-order chi connectivity index (χ1) is 11.6. The van der Waals surface area contributed by atoms with Crippen molar-refractivity contribution in [3.05, 3.63) is 54.1 Å². The molecule has 1 amide bonds. The van der Waals surface area contributed by atoms with Crippen LogP contribution in [0.3, 0.4) is 0 Å². The summed E-state index contributed by atoms with van der Waals surface area (Å²) in [4.78, 5) is 12.6. The van der Waals surface area contributed by atoms with E-state index < -0.39 is 5.82 Å². The first kappa shape index (κ1) is 16.6. The van der Waals surface area contributed by atoms with Gasteiger partial charge in [0, 0.05) is 17.2 Å². The van der Waals surface area contributed by atoms with E-state index in [0.29, 0.717) is 23.4 Å². The summed E-state index contributed by atoms with van der Waals surface area (Å²) in [6, 6.07) is 9.95. The Morgan fingerprint density at radius 2 is 1.79 bits per heavy atom. The molecule has 0 heterocycles. The van der Waals surface area contributed by atoms with Crippen LogP contribution in [0.25, 0.3) is 11.1 Å². The number of anilines is 1. The standard InChI is InChI=1S/C19H20F2N2O/c20-14-6-4-12(5-7-14)17-10-15(21)8-9-18(17)23-19(24)16-3-1-2-13(16)11-22/h4-10,13,16H,1-3,11,22H2,(H,23,24)/t13-,16-/m1/s1. The Bertz CT molecular complexity index is 731. The van der Waals surface area contributed by atoms with Crippen LogP contribution in [0.15, 0.2) is 42.5 Å². The van der Waals surface area contributed by atoms with Crippen LogP contribution < -0.4 is 11.1 Å². The van der Waals surface area contributed by atoms with Crippen LogP contribution in [0.1, 0.15) is 19.3 Å². The van der Waals surface area contributed by atoms with E-state index in [2.05, 4.69) is 5.32 Å². The summed E-state index contributed by atoms with van der Waals surface area (Å²) in [6.07, 6.45) is 2.78. The molecule has 0 unspecified atom stereocenters. The second kappa shape index (κ2) is 7.09. The number of nitrogens with two attached hydrogens (primary N) is 1. The third-order valence-corrected chi connectivity index (χ3v) is 4.69. The fourth-order valence-corrected chi connectivity index (χ4v) is 3.38. The Kier molecular flexibility index (Phi) is 4.90. The number of carbonyl (C=O) groups excluding carboxylic acids is 1. The van der Waals surface area contributed by atoms with E-state index in [1.165, 1.54) is 24.3 Å². The van der Waals surface area contributed by atoms with Gasteiger partial charge in [-0.2, -0.15) is 0 Å². The Morgan fingerprint density at radius 3 is 2.50 bits per heavy atom. The van der Waals surface area contributed by atoms with Gasteiger partial charge in [-0.1, -0.05) is 18.6 Å². The first-order valence-corrected chi connectivity index (χ1v) is 8.15. The number of benzene rings is 2. The molecule has 2 aromatic rings. The summed E-state index contributed by atoms with van der Waals surface area (Å²) >= 11 is 0. The zero-order valence-electron chi connectivity index (χ0n) is 13.3. The van der Waals surface area contributed by atoms with E-state index in [0.717, 1.165) is 19.3 Å². The number of rotatable bonds is 4. The van der Waals surface area contributed by atoms with Crippen molar-refractivity contribution < 1.29 is 13.6 Å². The fraction of sp³-hybridized carbons (Fsp3) is 0.316. The first-order valence-electron chi connectivity index (χ1n) is 8.15. The average Bonchev–Trinajstić information content (AvgIpc) is 3.06. The van der Waals surface area contributed by atoms with Gasteiger partial charge in [-0.15, -0.1) is 0 Å². The van der Waals surface area contributed by atoms with Gasteiger partial charge in [0.2, 0.25) is 5.91 Å². The van der Waals surface area contributed by atoms with Crippen LogP contribution in [-0.4, -0.2) is 12.5 Å². The molecule has 3 N–H and O–H groups in total. The van der Waals surface area contributed by atoms with Crippen molar-refractivity contribution in [1.82, 2.24) is 0 Å². The highest BCUT2D eigenvalue weighted by molar-refractivity contribution is 5.97. The summed E-state index contributed by atoms with van der Waals surface area (Å²) < 4.78 is 26.8. The summed E-state index contributed by atoms with van der Waals surface area (Å²) in [6.45, 7) is 0.492. The molecular formula is C19H20F2N2O. The van der Waals surface area contributed by atoms with E-state index in [9.17, 15) is 13.6 Å². The summed E-state index contributed by atoms with van der Waals surface area (Å²) in [5, 5.41) is 2.90. The van der Waals surface area contributed by atoms with Crippen LogP contribution in [-0.2, 0) is 4.79 Å². The molecule has 2 atom stereocenters. The van der Waals surface area contributed by atoms with Crippen molar-refractivity contribution in [2.45, 2.75) is 19.3 Å². The molecule has 3 nitrogen and oxygen atoms in total. The molecule has 0 aliphatic heterocycles. The lowest BCUT2D eigenvalue weighted by Gasteiger charge is -2.19. The molecule has 3 rings (SSSR count). The molecule has 2 aromatic carbocycles. The molecule has 0 radical (unpaired) electrons. The number of nitrogens with one attached hydrogen (secondary N) is 1. The van der Waals surface area contributed by atoms with E-state index in [1.54, 1.807) is 18.2 Å². The van der Waals surface area contributed by atoms with E-state index in [4.69, 9.17) is 5.73 Å². The van der Waals surface area contributed by atoms with Crippen molar-refractivity contribution in [3.63, 3.8) is 0 Å². The second-order valence-electron chi connectivity index (χ2n) is 6.22. The Hall–Kier alpha value is -2.27. The summed E-state index contributed by atoms with van der Waals surface area (Å²) in [7, 11) is 0. The number of hydrogen-bond donors (Lipinski definition) is 2. The maximum absolute atomic E-state index is 13.7. The second-order valence-corrected chi connectivity index (χ2v) is 6.22. The van der Waals surface area contributed by atoms with Gasteiger partial charge in [0.1, 0.15) is 11.6 Å². The monoisotopic (exact) mass is 330 g/mol. The van der Waals surface area contributed by atoms with Crippen molar-refractivity contribution in [1.29, 1.82) is 0 Å². The smallest absolute Gasteiger partial charge is 0.227 e. The maximum atomic E-state index is 13.7. The lowest BCUT2D eigenvalue weighted by atomic mass is 9.95. The Labute approximate surface area is 139 Å². The zero-order valence-corrected chi connectivity index (χ0v) is 13.3. The Morgan fingerprint density at radius 1 is 1.08 bits per heavy atom. The highest BCUT2D eigenvalue weighted by Gasteiger charge is 2.32. The minimum absolute atomic E-state index is 0.0853. The van der Waals surface area contributed by atoms with Gasteiger partial charge in [0.05, 0.1) is 0 Å². The lowest BCUT2D eigenvalue weighted by Crippen LogP contribution is -2.29. The number of hydrogen-bond acceptors (Lipinski definition) is 2. The van der Waals surface area contributed by atoms with Gasteiger partial charge < -0.3 is 11.1 Å². The quantitative estimate of drug-likeness (QED) is 0.892. The van der Waals surface area contributed by atoms with Crippen LogP contribution >= 0.6 is 0 Å². The highest BCUT2D eigenvalue weighted by Crippen LogP contribution is 2.34. The molecule has 0 bridgehead atoms. The van der Waals surface area contributed by atoms with Crippen LogP contribution in [0.5, 0.6) is 0 Å². The Balaban J connectivity index is 1.88. The molecule has 5 heteroatoms. The molecule has 0 aromatic heterocycles. The topological polar surface area (TPSA) is 55.1 Å². The predicted molar refractivity (Wildman–Crippen MR) is 90.3 cm³/mol. The van der Waals surface area contributed by atoms with Crippen LogP contribution in [0, 0.1) is 23.5 Å². The molecule has 0 saturated heterocycles. The zero-order chi connectivity index (χ0) is 17.1.